The fourth-order valence-corrected chi connectivity index (χ4v) is 2.70. The van der Waals surface area contributed by atoms with Gasteiger partial charge in [-0.25, -0.2) is 4.98 Å². The number of aromatic nitrogens is 1. The van der Waals surface area contributed by atoms with Crippen molar-refractivity contribution in [2.24, 2.45) is 17.8 Å². The lowest BCUT2D eigenvalue weighted by Gasteiger charge is -2.13. The molecule has 2 fully saturated rings. The molecule has 1 aliphatic heterocycles. The number of rotatable bonds is 3. The maximum absolute atomic E-state index is 12.7. The van der Waals surface area contributed by atoms with Gasteiger partial charge in [0.05, 0.1) is 6.61 Å². The van der Waals surface area contributed by atoms with E-state index in [0.717, 1.165) is 19.3 Å². The number of piperidine rings is 1. The van der Waals surface area contributed by atoms with Gasteiger partial charge in [0.2, 0.25) is 0 Å². The largest absolute Gasteiger partial charge is 0.491 e. The van der Waals surface area contributed by atoms with Gasteiger partial charge in [-0.2, -0.15) is 13.2 Å². The van der Waals surface area contributed by atoms with E-state index in [-0.39, 0.29) is 18.2 Å². The van der Waals surface area contributed by atoms with Crippen LogP contribution in [0.15, 0.2) is 18.3 Å². The zero-order valence-electron chi connectivity index (χ0n) is 9.98. The van der Waals surface area contributed by atoms with Crippen LogP contribution in [-0.2, 0) is 6.18 Å². The second kappa shape index (κ2) is 5.17. The van der Waals surface area contributed by atoms with Crippen LogP contribution in [0, 0.1) is 17.8 Å². The number of alkyl halides is 3. The topological polar surface area (TPSA) is 34.1 Å². The lowest BCUT2D eigenvalue weighted by atomic mass is 10.3. The van der Waals surface area contributed by atoms with Gasteiger partial charge in [0.15, 0.2) is 5.69 Å². The van der Waals surface area contributed by atoms with E-state index in [1.165, 1.54) is 12.1 Å². The van der Waals surface area contributed by atoms with Gasteiger partial charge in [-0.3, -0.25) is 0 Å². The van der Waals surface area contributed by atoms with Crippen molar-refractivity contribution in [3.63, 3.8) is 0 Å². The van der Waals surface area contributed by atoms with Crippen LogP contribution in [0.25, 0.3) is 0 Å². The van der Waals surface area contributed by atoms with Crippen molar-refractivity contribution in [3.05, 3.63) is 24.0 Å². The van der Waals surface area contributed by atoms with Crippen LogP contribution in [0.2, 0.25) is 0 Å². The number of nitrogens with zero attached hydrogens (tertiary/aromatic N) is 1. The van der Waals surface area contributed by atoms with Gasteiger partial charge in [0, 0.05) is 12.1 Å². The monoisotopic (exact) mass is 294 g/mol. The quantitative estimate of drug-likeness (QED) is 0.929. The van der Waals surface area contributed by atoms with E-state index in [1.54, 1.807) is 0 Å². The molecular formula is C12H14ClF3N2O. The van der Waals surface area contributed by atoms with Crippen molar-refractivity contribution < 1.29 is 17.9 Å². The van der Waals surface area contributed by atoms with Gasteiger partial charge >= 0.3 is 6.18 Å². The number of pyridine rings is 1. The number of halogens is 4. The first-order chi connectivity index (χ1) is 8.57. The number of nitrogens with one attached hydrogen (secondary N) is 1. The third kappa shape index (κ3) is 2.79. The summed E-state index contributed by atoms with van der Waals surface area (Å²) < 4.78 is 43.3. The molecule has 0 spiro atoms. The molecule has 1 N–H and O–H groups in total. The first kappa shape index (κ1) is 14.4. The van der Waals surface area contributed by atoms with E-state index in [0.29, 0.717) is 24.4 Å². The lowest BCUT2D eigenvalue weighted by molar-refractivity contribution is -0.142. The molecule has 0 unspecified atom stereocenters. The van der Waals surface area contributed by atoms with Crippen LogP contribution in [0.1, 0.15) is 5.69 Å². The van der Waals surface area contributed by atoms with Crippen molar-refractivity contribution in [2.75, 3.05) is 19.7 Å². The molecule has 3 atom stereocenters. The smallest absolute Gasteiger partial charge is 0.437 e. The molecule has 1 saturated carbocycles. The standard InChI is InChI=1S/C12H13F3N2O.ClH/c13-12(14,15)11-10(2-1-3-17-11)18-6-9-7-4-16-5-8(7)9;/h1-3,7-9,16H,4-6H2;1H/t7-,8+,9+;. The third-order valence-corrected chi connectivity index (χ3v) is 3.74. The highest BCUT2D eigenvalue weighted by Gasteiger charge is 2.53. The van der Waals surface area contributed by atoms with Crippen molar-refractivity contribution >= 4 is 12.4 Å². The van der Waals surface area contributed by atoms with Gasteiger partial charge in [-0.15, -0.1) is 12.4 Å². The van der Waals surface area contributed by atoms with Crippen molar-refractivity contribution in [2.45, 2.75) is 6.18 Å². The maximum atomic E-state index is 12.7. The number of fused-ring (bicyclic) bond motifs is 1. The summed E-state index contributed by atoms with van der Waals surface area (Å²) in [6, 6.07) is 2.78. The molecule has 0 aromatic carbocycles. The molecule has 106 valence electrons. The van der Waals surface area contributed by atoms with Crippen LogP contribution < -0.4 is 10.1 Å². The first-order valence-electron chi connectivity index (χ1n) is 5.93. The Kier molecular flexibility index (Phi) is 3.92. The molecular weight excluding hydrogens is 281 g/mol. The minimum atomic E-state index is -4.46. The Morgan fingerprint density at radius 1 is 1.32 bits per heavy atom. The van der Waals surface area contributed by atoms with Gasteiger partial charge in [0.25, 0.3) is 0 Å². The molecule has 0 amide bonds. The molecule has 2 heterocycles. The Morgan fingerprint density at radius 2 is 2.00 bits per heavy atom. The molecule has 0 radical (unpaired) electrons. The lowest BCUT2D eigenvalue weighted by Crippen LogP contribution is -2.18. The highest BCUT2D eigenvalue weighted by molar-refractivity contribution is 5.85. The molecule has 19 heavy (non-hydrogen) atoms. The zero-order valence-corrected chi connectivity index (χ0v) is 10.8. The molecule has 3 nitrogen and oxygen atoms in total. The fraction of sp³-hybridized carbons (Fsp3) is 0.583. The zero-order chi connectivity index (χ0) is 12.8. The van der Waals surface area contributed by atoms with Crippen LogP contribution >= 0.6 is 12.4 Å². The van der Waals surface area contributed by atoms with Gasteiger partial charge in [0.1, 0.15) is 5.75 Å². The van der Waals surface area contributed by atoms with E-state index in [2.05, 4.69) is 10.3 Å². The number of hydrogen-bond acceptors (Lipinski definition) is 3. The summed E-state index contributed by atoms with van der Waals surface area (Å²) in [4.78, 5) is 3.36. The minimum absolute atomic E-state index is 0. The summed E-state index contributed by atoms with van der Waals surface area (Å²) in [5, 5.41) is 3.24. The molecule has 1 aliphatic carbocycles. The molecule has 1 aromatic rings. The van der Waals surface area contributed by atoms with E-state index in [9.17, 15) is 13.2 Å². The summed E-state index contributed by atoms with van der Waals surface area (Å²) in [5.74, 6) is 1.39. The Morgan fingerprint density at radius 3 is 2.63 bits per heavy atom. The highest BCUT2D eigenvalue weighted by atomic mass is 35.5. The SMILES string of the molecule is Cl.FC(F)(F)c1ncccc1OC[C@H]1[C@@H]2CNC[C@@H]21. The van der Waals surface area contributed by atoms with Gasteiger partial charge < -0.3 is 10.1 Å². The molecule has 2 aliphatic rings. The summed E-state index contributed by atoms with van der Waals surface area (Å²) in [6.07, 6.45) is -3.33. The van der Waals surface area contributed by atoms with Crippen molar-refractivity contribution in [1.29, 1.82) is 0 Å². The van der Waals surface area contributed by atoms with E-state index < -0.39 is 11.9 Å². The summed E-state index contributed by atoms with van der Waals surface area (Å²) in [6.45, 7) is 2.27. The van der Waals surface area contributed by atoms with Crippen molar-refractivity contribution in [1.82, 2.24) is 10.3 Å². The second-order valence-corrected chi connectivity index (χ2v) is 4.81. The summed E-state index contributed by atoms with van der Waals surface area (Å²) in [7, 11) is 0. The predicted molar refractivity (Wildman–Crippen MR) is 65.3 cm³/mol. The normalized spacial score (nSPS) is 28.5. The van der Waals surface area contributed by atoms with Crippen LogP contribution in [0.3, 0.4) is 0 Å². The number of ether oxygens (including phenoxy) is 1. The van der Waals surface area contributed by atoms with Crippen LogP contribution in [-0.4, -0.2) is 24.7 Å². The van der Waals surface area contributed by atoms with Crippen molar-refractivity contribution in [3.8, 4) is 5.75 Å². The highest BCUT2D eigenvalue weighted by Crippen LogP contribution is 2.48. The van der Waals surface area contributed by atoms with Crippen LogP contribution in [0.5, 0.6) is 5.75 Å². The average Bonchev–Trinajstić information content (AvgIpc) is 2.77. The van der Waals surface area contributed by atoms with E-state index in [4.69, 9.17) is 4.74 Å². The molecule has 3 rings (SSSR count). The van der Waals surface area contributed by atoms with Crippen LogP contribution in [0.4, 0.5) is 13.2 Å². The Labute approximate surface area is 115 Å². The summed E-state index contributed by atoms with van der Waals surface area (Å²) >= 11 is 0. The van der Waals surface area contributed by atoms with Gasteiger partial charge in [-0.05, 0) is 37.1 Å². The van der Waals surface area contributed by atoms with Gasteiger partial charge in [-0.1, -0.05) is 0 Å². The first-order valence-corrected chi connectivity index (χ1v) is 5.93. The minimum Gasteiger partial charge on any atom is -0.491 e. The Balaban J connectivity index is 0.00000133. The Bertz CT molecular complexity index is 445. The number of hydrogen-bond donors (Lipinski definition) is 1. The van der Waals surface area contributed by atoms with E-state index >= 15 is 0 Å². The molecule has 0 bridgehead atoms. The summed E-state index contributed by atoms with van der Waals surface area (Å²) in [5.41, 5.74) is -0.936. The van der Waals surface area contributed by atoms with E-state index in [1.807, 2.05) is 0 Å². The predicted octanol–water partition coefficient (Wildman–Crippen LogP) is 2.37. The molecule has 1 saturated heterocycles. The molecule has 1 aromatic heterocycles. The third-order valence-electron chi connectivity index (χ3n) is 3.74. The average molecular weight is 295 g/mol. The Hall–Kier alpha value is -1.01. The second-order valence-electron chi connectivity index (χ2n) is 4.81. The molecule has 7 heteroatoms. The fourth-order valence-electron chi connectivity index (χ4n) is 2.70. The maximum Gasteiger partial charge on any atom is 0.437 e.